The molecule has 0 bridgehead atoms. The highest BCUT2D eigenvalue weighted by molar-refractivity contribution is 7.89. The van der Waals surface area contributed by atoms with E-state index in [0.717, 1.165) is 0 Å². The third-order valence-electron chi connectivity index (χ3n) is 5.29. The molecule has 1 aliphatic carbocycles. The molecule has 0 aliphatic heterocycles. The second kappa shape index (κ2) is 4.46. The Morgan fingerprint density at radius 3 is 2.20 bits per heavy atom. The molecule has 0 unspecified atom stereocenters. The van der Waals surface area contributed by atoms with Crippen LogP contribution in [0.2, 0.25) is 0 Å². The summed E-state index contributed by atoms with van der Waals surface area (Å²) < 4.78 is 27.5. The number of hydrogen-bond donors (Lipinski definition) is 2. The summed E-state index contributed by atoms with van der Waals surface area (Å²) in [5, 5.41) is 0. The van der Waals surface area contributed by atoms with Crippen molar-refractivity contribution in [1.82, 2.24) is 4.72 Å². The number of rotatable bonds is 4. The Labute approximate surface area is 121 Å². The van der Waals surface area contributed by atoms with E-state index >= 15 is 0 Å². The topological polar surface area (TPSA) is 72.2 Å². The monoisotopic (exact) mass is 296 g/mol. The van der Waals surface area contributed by atoms with Crippen LogP contribution in [0.3, 0.4) is 0 Å². The molecule has 112 valence electrons. The van der Waals surface area contributed by atoms with Crippen molar-refractivity contribution >= 4 is 15.7 Å². The number of nitrogens with two attached hydrogens (primary N) is 1. The van der Waals surface area contributed by atoms with Gasteiger partial charge in [-0.25, -0.2) is 13.1 Å². The first-order valence-corrected chi connectivity index (χ1v) is 8.34. The van der Waals surface area contributed by atoms with Crippen molar-refractivity contribution in [2.24, 2.45) is 16.7 Å². The normalized spacial score (nSPS) is 20.9. The molecule has 0 spiro atoms. The lowest BCUT2D eigenvalue weighted by Gasteiger charge is -2.10. The maximum Gasteiger partial charge on any atom is 0.240 e. The first-order valence-electron chi connectivity index (χ1n) is 6.86. The molecule has 1 saturated carbocycles. The largest absolute Gasteiger partial charge is 0.399 e. The molecule has 1 aliphatic rings. The van der Waals surface area contributed by atoms with Gasteiger partial charge in [0.2, 0.25) is 10.0 Å². The highest BCUT2D eigenvalue weighted by atomic mass is 32.2. The third kappa shape index (κ3) is 2.33. The smallest absolute Gasteiger partial charge is 0.240 e. The lowest BCUT2D eigenvalue weighted by molar-refractivity contribution is 0.457. The summed E-state index contributed by atoms with van der Waals surface area (Å²) in [6, 6.07) is 4.86. The molecule has 1 aromatic rings. The number of aryl methyl sites for hydroxylation is 1. The number of sulfonamides is 1. The predicted octanol–water partition coefficient (Wildman–Crippen LogP) is 2.54. The van der Waals surface area contributed by atoms with Gasteiger partial charge in [-0.15, -0.1) is 0 Å². The fourth-order valence-corrected chi connectivity index (χ4v) is 4.36. The van der Waals surface area contributed by atoms with Gasteiger partial charge in [0.05, 0.1) is 4.90 Å². The van der Waals surface area contributed by atoms with Crippen LogP contribution in [-0.4, -0.2) is 15.0 Å². The molecular formula is C15H24N2O2S. The maximum atomic E-state index is 12.4. The van der Waals surface area contributed by atoms with Crippen molar-refractivity contribution in [3.8, 4) is 0 Å². The second-order valence-corrected chi connectivity index (χ2v) is 8.61. The fourth-order valence-electron chi connectivity index (χ4n) is 3.09. The van der Waals surface area contributed by atoms with Gasteiger partial charge in [0.25, 0.3) is 0 Å². The Morgan fingerprint density at radius 2 is 1.75 bits per heavy atom. The van der Waals surface area contributed by atoms with Crippen LogP contribution < -0.4 is 10.5 Å². The minimum absolute atomic E-state index is 0.172. The van der Waals surface area contributed by atoms with E-state index in [-0.39, 0.29) is 10.8 Å². The molecular weight excluding hydrogens is 272 g/mol. The van der Waals surface area contributed by atoms with Gasteiger partial charge in [0, 0.05) is 12.2 Å². The van der Waals surface area contributed by atoms with Crippen LogP contribution in [0.5, 0.6) is 0 Å². The van der Waals surface area contributed by atoms with Crippen LogP contribution in [0, 0.1) is 23.7 Å². The zero-order chi connectivity index (χ0) is 15.3. The summed E-state index contributed by atoms with van der Waals surface area (Å²) in [6.45, 7) is 11.0. The number of hydrogen-bond acceptors (Lipinski definition) is 3. The molecule has 0 saturated heterocycles. The quantitative estimate of drug-likeness (QED) is 0.839. The number of nitrogen functional groups attached to an aromatic ring is 1. The average molecular weight is 296 g/mol. The van der Waals surface area contributed by atoms with Gasteiger partial charge in [-0.3, -0.25) is 0 Å². The number of anilines is 1. The summed E-state index contributed by atoms with van der Waals surface area (Å²) in [5.41, 5.74) is 7.25. The second-order valence-electron chi connectivity index (χ2n) is 6.87. The van der Waals surface area contributed by atoms with Crippen LogP contribution in [0.1, 0.15) is 33.3 Å². The van der Waals surface area contributed by atoms with Crippen molar-refractivity contribution in [3.05, 3.63) is 23.8 Å². The van der Waals surface area contributed by atoms with Gasteiger partial charge < -0.3 is 5.73 Å². The Morgan fingerprint density at radius 1 is 1.20 bits per heavy atom. The molecule has 3 N–H and O–H groups in total. The minimum Gasteiger partial charge on any atom is -0.399 e. The molecule has 0 aromatic heterocycles. The first kappa shape index (κ1) is 15.3. The van der Waals surface area contributed by atoms with Gasteiger partial charge in [-0.05, 0) is 47.4 Å². The van der Waals surface area contributed by atoms with Crippen molar-refractivity contribution in [3.63, 3.8) is 0 Å². The highest BCUT2D eigenvalue weighted by Crippen LogP contribution is 2.67. The van der Waals surface area contributed by atoms with E-state index < -0.39 is 10.0 Å². The summed E-state index contributed by atoms with van der Waals surface area (Å²) >= 11 is 0. The molecule has 1 fully saturated rings. The van der Waals surface area contributed by atoms with Gasteiger partial charge in [0.15, 0.2) is 0 Å². The molecule has 20 heavy (non-hydrogen) atoms. The zero-order valence-corrected chi connectivity index (χ0v) is 13.6. The van der Waals surface area contributed by atoms with Gasteiger partial charge >= 0.3 is 0 Å². The van der Waals surface area contributed by atoms with Crippen LogP contribution in [0.4, 0.5) is 5.69 Å². The molecule has 4 nitrogen and oxygen atoms in total. The molecule has 0 atom stereocenters. The van der Waals surface area contributed by atoms with Gasteiger partial charge in [-0.2, -0.15) is 0 Å². The Hall–Kier alpha value is -1.07. The van der Waals surface area contributed by atoms with Gasteiger partial charge in [-0.1, -0.05) is 27.7 Å². The van der Waals surface area contributed by atoms with E-state index in [2.05, 4.69) is 32.4 Å². The fraction of sp³-hybridized carbons (Fsp3) is 0.600. The summed E-state index contributed by atoms with van der Waals surface area (Å²) in [5.74, 6) is 0.360. The van der Waals surface area contributed by atoms with E-state index in [1.807, 2.05) is 0 Å². The predicted molar refractivity (Wildman–Crippen MR) is 81.8 cm³/mol. The summed E-state index contributed by atoms with van der Waals surface area (Å²) in [6.07, 6.45) is 0. The molecule has 0 radical (unpaired) electrons. The standard InChI is InChI=1S/C15H24N2O2S/c1-10-8-11(16)6-7-12(10)20(18,19)17-9-13-14(2,3)15(13,4)5/h6-8,13,17H,9,16H2,1-5H3. The SMILES string of the molecule is Cc1cc(N)ccc1S(=O)(=O)NCC1C(C)(C)C1(C)C. The van der Waals surface area contributed by atoms with Crippen molar-refractivity contribution in [2.45, 2.75) is 39.5 Å². The van der Waals surface area contributed by atoms with E-state index in [1.165, 1.54) is 0 Å². The minimum atomic E-state index is -3.47. The highest BCUT2D eigenvalue weighted by Gasteiger charge is 2.64. The number of nitrogens with one attached hydrogen (secondary N) is 1. The Balaban J connectivity index is 2.14. The van der Waals surface area contributed by atoms with Crippen molar-refractivity contribution in [1.29, 1.82) is 0 Å². The van der Waals surface area contributed by atoms with Gasteiger partial charge in [0.1, 0.15) is 0 Å². The molecule has 2 rings (SSSR count). The van der Waals surface area contributed by atoms with E-state index in [9.17, 15) is 8.42 Å². The van der Waals surface area contributed by atoms with E-state index in [1.54, 1.807) is 25.1 Å². The van der Waals surface area contributed by atoms with Crippen LogP contribution >= 0.6 is 0 Å². The molecule has 0 heterocycles. The zero-order valence-electron chi connectivity index (χ0n) is 12.8. The van der Waals surface area contributed by atoms with Crippen molar-refractivity contribution < 1.29 is 8.42 Å². The first-order chi connectivity index (χ1) is 9.00. The van der Waals surface area contributed by atoms with Crippen LogP contribution in [-0.2, 0) is 10.0 Å². The molecule has 1 aromatic carbocycles. The lowest BCUT2D eigenvalue weighted by atomic mass is 10.0. The number of benzene rings is 1. The molecule has 5 heteroatoms. The van der Waals surface area contributed by atoms with Crippen LogP contribution in [0.15, 0.2) is 23.1 Å². The Kier molecular flexibility index (Phi) is 3.42. The average Bonchev–Trinajstić information content (AvgIpc) is 2.66. The third-order valence-corrected chi connectivity index (χ3v) is 6.87. The molecule has 0 amide bonds. The lowest BCUT2D eigenvalue weighted by Crippen LogP contribution is -2.28. The van der Waals surface area contributed by atoms with Crippen LogP contribution in [0.25, 0.3) is 0 Å². The maximum absolute atomic E-state index is 12.4. The van der Waals surface area contributed by atoms with Crippen molar-refractivity contribution in [2.75, 3.05) is 12.3 Å². The summed E-state index contributed by atoms with van der Waals surface area (Å²) in [4.78, 5) is 0.308. The van der Waals surface area contributed by atoms with E-state index in [0.29, 0.717) is 28.6 Å². The Bertz CT molecular complexity index is 619. The summed E-state index contributed by atoms with van der Waals surface area (Å²) in [7, 11) is -3.47. The van der Waals surface area contributed by atoms with E-state index in [4.69, 9.17) is 5.73 Å².